The summed E-state index contributed by atoms with van der Waals surface area (Å²) in [6.45, 7) is 2.03. The molecule has 0 aliphatic heterocycles. The van der Waals surface area contributed by atoms with Crippen molar-refractivity contribution < 1.29 is 27.9 Å². The van der Waals surface area contributed by atoms with Crippen molar-refractivity contribution in [2.45, 2.75) is 24.7 Å². The first-order valence-electron chi connectivity index (χ1n) is 8.56. The van der Waals surface area contributed by atoms with Crippen LogP contribution in [0.4, 0.5) is 5.69 Å². The quantitative estimate of drug-likeness (QED) is 0.681. The number of benzene rings is 1. The van der Waals surface area contributed by atoms with Gasteiger partial charge in [-0.1, -0.05) is 12.2 Å². The minimum absolute atomic E-state index is 0.0644. The van der Waals surface area contributed by atoms with Crippen molar-refractivity contribution in [1.29, 1.82) is 0 Å². The molecule has 9 heteroatoms. The molecule has 1 aromatic rings. The normalized spacial score (nSPS) is 19.7. The van der Waals surface area contributed by atoms with Crippen molar-refractivity contribution in [1.82, 2.24) is 4.31 Å². The van der Waals surface area contributed by atoms with E-state index in [1.807, 2.05) is 0 Å². The summed E-state index contributed by atoms with van der Waals surface area (Å²) in [5.41, 5.74) is 0.266. The molecule has 0 saturated carbocycles. The van der Waals surface area contributed by atoms with Gasteiger partial charge in [-0.3, -0.25) is 9.59 Å². The molecular weight excluding hydrogens is 372 g/mol. The topological polar surface area (TPSA) is 113 Å². The van der Waals surface area contributed by atoms with E-state index >= 15 is 0 Å². The predicted octanol–water partition coefficient (Wildman–Crippen LogP) is 1.94. The zero-order valence-corrected chi connectivity index (χ0v) is 16.3. The van der Waals surface area contributed by atoms with Crippen LogP contribution in [-0.4, -0.2) is 50.4 Å². The highest BCUT2D eigenvalue weighted by Gasteiger charge is 2.34. The number of hydrogen-bond donors (Lipinski definition) is 2. The highest BCUT2D eigenvalue weighted by Crippen LogP contribution is 2.31. The van der Waals surface area contributed by atoms with Gasteiger partial charge in [0.1, 0.15) is 10.6 Å². The third kappa shape index (κ3) is 4.67. The van der Waals surface area contributed by atoms with E-state index in [4.69, 9.17) is 4.74 Å². The van der Waals surface area contributed by atoms with Crippen molar-refractivity contribution in [3.05, 3.63) is 30.4 Å². The Morgan fingerprint density at radius 3 is 2.41 bits per heavy atom. The molecule has 2 N–H and O–H groups in total. The zero-order valence-electron chi connectivity index (χ0n) is 15.5. The van der Waals surface area contributed by atoms with Crippen molar-refractivity contribution in [2.75, 3.05) is 26.0 Å². The maximum Gasteiger partial charge on any atom is 0.307 e. The third-order valence-corrected chi connectivity index (χ3v) is 6.19. The Morgan fingerprint density at radius 2 is 1.85 bits per heavy atom. The van der Waals surface area contributed by atoms with Crippen molar-refractivity contribution in [3.8, 4) is 5.75 Å². The van der Waals surface area contributed by atoms with Crippen LogP contribution >= 0.6 is 0 Å². The minimum Gasteiger partial charge on any atom is -0.492 e. The van der Waals surface area contributed by atoms with Crippen molar-refractivity contribution in [3.63, 3.8) is 0 Å². The van der Waals surface area contributed by atoms with Gasteiger partial charge < -0.3 is 15.2 Å². The SMILES string of the molecule is CCOc1ccc(NC(=O)[C@H]2CC=CC[C@H]2C(=O)O)cc1S(=O)(=O)N(C)C. The molecule has 1 aromatic carbocycles. The van der Waals surface area contributed by atoms with Gasteiger partial charge in [-0.2, -0.15) is 0 Å². The van der Waals surface area contributed by atoms with Crippen LogP contribution in [-0.2, 0) is 19.6 Å². The van der Waals surface area contributed by atoms with Gasteiger partial charge in [0.2, 0.25) is 15.9 Å². The van der Waals surface area contributed by atoms with E-state index in [2.05, 4.69) is 5.32 Å². The molecule has 0 heterocycles. The lowest BCUT2D eigenvalue weighted by Gasteiger charge is -2.24. The van der Waals surface area contributed by atoms with Crippen LogP contribution in [0.3, 0.4) is 0 Å². The number of ether oxygens (including phenoxy) is 1. The number of hydrogen-bond acceptors (Lipinski definition) is 5. The van der Waals surface area contributed by atoms with Crippen molar-refractivity contribution >= 4 is 27.6 Å². The summed E-state index contributed by atoms with van der Waals surface area (Å²) in [5, 5.41) is 12.0. The molecule has 0 aromatic heterocycles. The first kappa shape index (κ1) is 20.9. The molecule has 0 saturated heterocycles. The monoisotopic (exact) mass is 396 g/mol. The van der Waals surface area contributed by atoms with Gasteiger partial charge in [0, 0.05) is 19.8 Å². The Morgan fingerprint density at radius 1 is 1.22 bits per heavy atom. The molecule has 0 spiro atoms. The van der Waals surface area contributed by atoms with Crippen LogP contribution in [0.1, 0.15) is 19.8 Å². The number of sulfonamides is 1. The maximum absolute atomic E-state index is 12.6. The Kier molecular flexibility index (Phi) is 6.61. The fourth-order valence-corrected chi connectivity index (χ4v) is 3.92. The summed E-state index contributed by atoms with van der Waals surface area (Å²) in [4.78, 5) is 23.9. The van der Waals surface area contributed by atoms with E-state index in [1.54, 1.807) is 19.1 Å². The molecule has 0 bridgehead atoms. The molecule has 148 valence electrons. The van der Waals surface area contributed by atoms with Gasteiger partial charge >= 0.3 is 5.97 Å². The summed E-state index contributed by atoms with van der Waals surface area (Å²) < 4.78 is 31.6. The van der Waals surface area contributed by atoms with Crippen LogP contribution in [0, 0.1) is 11.8 Å². The number of anilines is 1. The largest absolute Gasteiger partial charge is 0.492 e. The highest BCUT2D eigenvalue weighted by molar-refractivity contribution is 7.89. The van der Waals surface area contributed by atoms with Crippen LogP contribution in [0.5, 0.6) is 5.75 Å². The standard InChI is InChI=1S/C18H24N2O6S/c1-4-26-15-10-9-12(11-16(15)27(24,25)20(2)3)19-17(21)13-7-5-6-8-14(13)18(22)23/h5-6,9-11,13-14H,4,7-8H2,1-3H3,(H,19,21)(H,22,23)/t13-,14+/m0/s1. The first-order chi connectivity index (χ1) is 12.7. The summed E-state index contributed by atoms with van der Waals surface area (Å²) in [5.74, 6) is -2.81. The molecular formula is C18H24N2O6S. The van der Waals surface area contributed by atoms with Gasteiger partial charge in [-0.05, 0) is 38.0 Å². The Bertz CT molecular complexity index is 847. The fourth-order valence-electron chi connectivity index (χ4n) is 2.87. The van der Waals surface area contributed by atoms with Gasteiger partial charge in [-0.25, -0.2) is 12.7 Å². The lowest BCUT2D eigenvalue weighted by Crippen LogP contribution is -2.34. The molecule has 1 aliphatic rings. The summed E-state index contributed by atoms with van der Waals surface area (Å²) in [7, 11) is -0.976. The van der Waals surface area contributed by atoms with Gasteiger partial charge in [0.05, 0.1) is 18.4 Å². The molecule has 2 atom stereocenters. The lowest BCUT2D eigenvalue weighted by atomic mass is 9.82. The summed E-state index contributed by atoms with van der Waals surface area (Å²) >= 11 is 0. The molecule has 2 rings (SSSR count). The van der Waals surface area contributed by atoms with Gasteiger partial charge in [-0.15, -0.1) is 0 Å². The van der Waals surface area contributed by atoms with E-state index in [1.165, 1.54) is 32.3 Å². The number of carbonyl (C=O) groups excluding carboxylic acids is 1. The van der Waals surface area contributed by atoms with E-state index in [0.717, 1.165) is 4.31 Å². The number of rotatable bonds is 7. The molecule has 8 nitrogen and oxygen atoms in total. The third-order valence-electron chi connectivity index (χ3n) is 4.36. The number of allylic oxidation sites excluding steroid dienone is 2. The summed E-state index contributed by atoms with van der Waals surface area (Å²) in [6, 6.07) is 4.34. The van der Waals surface area contributed by atoms with Gasteiger partial charge in [0.25, 0.3) is 0 Å². The average Bonchev–Trinajstić information content (AvgIpc) is 2.62. The van der Waals surface area contributed by atoms with Crippen LogP contribution in [0.2, 0.25) is 0 Å². The maximum atomic E-state index is 12.6. The van der Waals surface area contributed by atoms with E-state index < -0.39 is 33.7 Å². The van der Waals surface area contributed by atoms with Crippen LogP contribution in [0.25, 0.3) is 0 Å². The molecule has 0 unspecified atom stereocenters. The summed E-state index contributed by atoms with van der Waals surface area (Å²) in [6.07, 6.45) is 4.14. The second-order valence-corrected chi connectivity index (χ2v) is 8.49. The van der Waals surface area contributed by atoms with E-state index in [9.17, 15) is 23.1 Å². The molecule has 27 heavy (non-hydrogen) atoms. The number of carboxylic acids is 1. The number of nitrogens with zero attached hydrogens (tertiary/aromatic N) is 1. The van der Waals surface area contributed by atoms with Crippen LogP contribution in [0.15, 0.2) is 35.2 Å². The molecule has 0 radical (unpaired) electrons. The fraction of sp³-hybridized carbons (Fsp3) is 0.444. The first-order valence-corrected chi connectivity index (χ1v) is 10.0. The van der Waals surface area contributed by atoms with E-state index in [-0.39, 0.29) is 29.4 Å². The predicted molar refractivity (Wildman–Crippen MR) is 100 cm³/mol. The molecule has 1 amide bonds. The number of nitrogens with one attached hydrogen (secondary N) is 1. The molecule has 0 fully saturated rings. The number of aliphatic carboxylic acids is 1. The Labute approximate surface area is 158 Å². The Hall–Kier alpha value is -2.39. The lowest BCUT2D eigenvalue weighted by molar-refractivity contribution is -0.146. The number of carboxylic acid groups (broad SMARTS) is 1. The highest BCUT2D eigenvalue weighted by atomic mass is 32.2. The van der Waals surface area contributed by atoms with Crippen LogP contribution < -0.4 is 10.1 Å². The minimum atomic E-state index is -3.79. The molecule has 1 aliphatic carbocycles. The second kappa shape index (κ2) is 8.53. The second-order valence-electron chi connectivity index (χ2n) is 6.37. The zero-order chi connectivity index (χ0) is 20.2. The smallest absolute Gasteiger partial charge is 0.307 e. The van der Waals surface area contributed by atoms with E-state index in [0.29, 0.717) is 6.42 Å². The number of amides is 1. The average molecular weight is 396 g/mol. The Balaban J connectivity index is 2.32. The van der Waals surface area contributed by atoms with Gasteiger partial charge in [0.15, 0.2) is 0 Å². The number of carbonyl (C=O) groups is 2. The van der Waals surface area contributed by atoms with Crippen molar-refractivity contribution in [2.24, 2.45) is 11.8 Å².